The van der Waals surface area contributed by atoms with Gasteiger partial charge in [-0.3, -0.25) is 4.79 Å². The van der Waals surface area contributed by atoms with Crippen LogP contribution in [-0.4, -0.2) is 24.0 Å². The predicted molar refractivity (Wildman–Crippen MR) is 118 cm³/mol. The number of nitrogens with one attached hydrogen (secondary N) is 1. The summed E-state index contributed by atoms with van der Waals surface area (Å²) in [5, 5.41) is 2.95. The highest BCUT2D eigenvalue weighted by Gasteiger charge is 2.16. The molecule has 1 heterocycles. The van der Waals surface area contributed by atoms with Crippen molar-refractivity contribution < 1.29 is 9.53 Å². The maximum absolute atomic E-state index is 12.9. The Morgan fingerprint density at radius 3 is 2.55 bits per heavy atom. The number of hydrogen-bond acceptors (Lipinski definition) is 4. The minimum absolute atomic E-state index is 0.194. The molecule has 0 saturated carbocycles. The van der Waals surface area contributed by atoms with E-state index in [2.05, 4.69) is 41.2 Å². The molecule has 0 aliphatic rings. The van der Waals surface area contributed by atoms with Crippen molar-refractivity contribution in [3.8, 4) is 5.75 Å². The second-order valence-corrected chi connectivity index (χ2v) is 7.27. The van der Waals surface area contributed by atoms with Crippen LogP contribution in [0.1, 0.15) is 35.3 Å². The van der Waals surface area contributed by atoms with E-state index >= 15 is 0 Å². The number of methoxy groups -OCH3 is 1. The third kappa shape index (κ3) is 5.13. The number of aromatic nitrogens is 1. The Morgan fingerprint density at radius 2 is 1.86 bits per heavy atom. The Labute approximate surface area is 172 Å². The second kappa shape index (κ2) is 9.24. The Kier molecular flexibility index (Phi) is 6.50. The van der Waals surface area contributed by atoms with Crippen LogP contribution in [0, 0.1) is 6.92 Å². The third-order valence-electron chi connectivity index (χ3n) is 4.72. The van der Waals surface area contributed by atoms with Crippen molar-refractivity contribution >= 4 is 17.4 Å². The minimum atomic E-state index is -0.194. The highest BCUT2D eigenvalue weighted by molar-refractivity contribution is 6.05. The molecule has 5 heteroatoms. The van der Waals surface area contributed by atoms with E-state index < -0.39 is 0 Å². The van der Waals surface area contributed by atoms with Crippen molar-refractivity contribution in [2.75, 3.05) is 17.3 Å². The Balaban J connectivity index is 1.84. The molecule has 3 aromatic rings. The standard InChI is InChI=1S/C24H27N3O2/c1-17(2)27(16-19-8-6-5-7-9-19)23-15-20(12-13-25-23)24(28)26-21-14-18(3)10-11-22(21)29-4/h5-15,17H,16H2,1-4H3,(H,26,28). The molecule has 29 heavy (non-hydrogen) atoms. The molecule has 0 saturated heterocycles. The lowest BCUT2D eigenvalue weighted by molar-refractivity contribution is 0.102. The van der Waals surface area contributed by atoms with Gasteiger partial charge in [0.2, 0.25) is 0 Å². The summed E-state index contributed by atoms with van der Waals surface area (Å²) in [4.78, 5) is 19.6. The summed E-state index contributed by atoms with van der Waals surface area (Å²) < 4.78 is 5.36. The van der Waals surface area contributed by atoms with Crippen molar-refractivity contribution in [1.82, 2.24) is 4.98 Å². The van der Waals surface area contributed by atoms with Crippen LogP contribution in [0.3, 0.4) is 0 Å². The number of benzene rings is 2. The number of carbonyl (C=O) groups is 1. The van der Waals surface area contributed by atoms with Gasteiger partial charge in [0.1, 0.15) is 11.6 Å². The molecule has 3 rings (SSSR count). The van der Waals surface area contributed by atoms with Crippen LogP contribution in [-0.2, 0) is 6.54 Å². The molecule has 0 spiro atoms. The maximum Gasteiger partial charge on any atom is 0.255 e. The minimum Gasteiger partial charge on any atom is -0.495 e. The number of rotatable bonds is 7. The Bertz CT molecular complexity index is 971. The van der Waals surface area contributed by atoms with Gasteiger partial charge in [-0.1, -0.05) is 36.4 Å². The van der Waals surface area contributed by atoms with Crippen LogP contribution in [0.2, 0.25) is 0 Å². The molecule has 0 aliphatic carbocycles. The first kappa shape index (κ1) is 20.4. The Hall–Kier alpha value is -3.34. The summed E-state index contributed by atoms with van der Waals surface area (Å²) in [7, 11) is 1.59. The first-order valence-electron chi connectivity index (χ1n) is 9.70. The SMILES string of the molecule is COc1ccc(C)cc1NC(=O)c1ccnc(N(Cc2ccccc2)C(C)C)c1. The molecule has 0 atom stereocenters. The highest BCUT2D eigenvalue weighted by atomic mass is 16.5. The fourth-order valence-electron chi connectivity index (χ4n) is 3.14. The Morgan fingerprint density at radius 1 is 1.10 bits per heavy atom. The zero-order chi connectivity index (χ0) is 20.8. The third-order valence-corrected chi connectivity index (χ3v) is 4.72. The second-order valence-electron chi connectivity index (χ2n) is 7.27. The van der Waals surface area contributed by atoms with Gasteiger partial charge in [0, 0.05) is 24.3 Å². The number of ether oxygens (including phenoxy) is 1. The van der Waals surface area contributed by atoms with Gasteiger partial charge in [-0.05, 0) is 56.2 Å². The lowest BCUT2D eigenvalue weighted by Gasteiger charge is -2.28. The average molecular weight is 389 g/mol. The van der Waals surface area contributed by atoms with Gasteiger partial charge in [-0.25, -0.2) is 4.98 Å². The van der Waals surface area contributed by atoms with Gasteiger partial charge in [-0.15, -0.1) is 0 Å². The van der Waals surface area contributed by atoms with Crippen molar-refractivity contribution in [2.24, 2.45) is 0 Å². The van der Waals surface area contributed by atoms with Crippen molar-refractivity contribution in [3.63, 3.8) is 0 Å². The van der Waals surface area contributed by atoms with E-state index in [0.29, 0.717) is 17.0 Å². The van der Waals surface area contributed by atoms with Gasteiger partial charge in [-0.2, -0.15) is 0 Å². The highest BCUT2D eigenvalue weighted by Crippen LogP contribution is 2.26. The van der Waals surface area contributed by atoms with E-state index in [1.54, 1.807) is 19.4 Å². The number of nitrogens with zero attached hydrogens (tertiary/aromatic N) is 2. The number of hydrogen-bond donors (Lipinski definition) is 1. The normalized spacial score (nSPS) is 10.7. The fourth-order valence-corrected chi connectivity index (χ4v) is 3.14. The van der Waals surface area contributed by atoms with Gasteiger partial charge < -0.3 is 15.0 Å². The van der Waals surface area contributed by atoms with E-state index in [4.69, 9.17) is 4.74 Å². The molecule has 0 bridgehead atoms. The van der Waals surface area contributed by atoms with E-state index in [1.165, 1.54) is 5.56 Å². The molecule has 1 aromatic heterocycles. The quantitative estimate of drug-likeness (QED) is 0.613. The first-order chi connectivity index (χ1) is 14.0. The zero-order valence-electron chi connectivity index (χ0n) is 17.3. The molecule has 0 radical (unpaired) electrons. The lowest BCUT2D eigenvalue weighted by atomic mass is 10.1. The maximum atomic E-state index is 12.9. The smallest absolute Gasteiger partial charge is 0.255 e. The molecule has 0 unspecified atom stereocenters. The monoisotopic (exact) mass is 389 g/mol. The molecule has 0 aliphatic heterocycles. The van der Waals surface area contributed by atoms with E-state index in [0.717, 1.165) is 17.9 Å². The molecule has 2 aromatic carbocycles. The van der Waals surface area contributed by atoms with Crippen molar-refractivity contribution in [1.29, 1.82) is 0 Å². The molecule has 150 valence electrons. The summed E-state index contributed by atoms with van der Waals surface area (Å²) in [5.41, 5.74) is 3.45. The van der Waals surface area contributed by atoms with Crippen LogP contribution < -0.4 is 15.0 Å². The van der Waals surface area contributed by atoms with Crippen LogP contribution >= 0.6 is 0 Å². The topological polar surface area (TPSA) is 54.5 Å². The van der Waals surface area contributed by atoms with Crippen molar-refractivity contribution in [2.45, 2.75) is 33.4 Å². The number of pyridine rings is 1. The predicted octanol–water partition coefficient (Wildman–Crippen LogP) is 5.07. The van der Waals surface area contributed by atoms with Crippen LogP contribution in [0.15, 0.2) is 66.9 Å². The van der Waals surface area contributed by atoms with Crippen molar-refractivity contribution in [3.05, 3.63) is 83.6 Å². The average Bonchev–Trinajstić information content (AvgIpc) is 2.73. The molecular formula is C24H27N3O2. The summed E-state index contributed by atoms with van der Waals surface area (Å²) in [6.45, 7) is 6.94. The molecule has 0 fully saturated rings. The van der Waals surface area contributed by atoms with Gasteiger partial charge >= 0.3 is 0 Å². The zero-order valence-corrected chi connectivity index (χ0v) is 17.3. The summed E-state index contributed by atoms with van der Waals surface area (Å²) in [6, 6.07) is 19.7. The van der Waals surface area contributed by atoms with Crippen LogP contribution in [0.4, 0.5) is 11.5 Å². The van der Waals surface area contributed by atoms with Gasteiger partial charge in [0.25, 0.3) is 5.91 Å². The number of carbonyl (C=O) groups excluding carboxylic acids is 1. The van der Waals surface area contributed by atoms with Gasteiger partial charge in [0.15, 0.2) is 0 Å². The number of anilines is 2. The molecule has 1 amide bonds. The van der Waals surface area contributed by atoms with Crippen LogP contribution in [0.25, 0.3) is 0 Å². The lowest BCUT2D eigenvalue weighted by Crippen LogP contribution is -2.31. The fraction of sp³-hybridized carbons (Fsp3) is 0.250. The number of amides is 1. The first-order valence-corrected chi connectivity index (χ1v) is 9.70. The molecule has 5 nitrogen and oxygen atoms in total. The summed E-state index contributed by atoms with van der Waals surface area (Å²) >= 11 is 0. The summed E-state index contributed by atoms with van der Waals surface area (Å²) in [6.07, 6.45) is 1.68. The molecule has 1 N–H and O–H groups in total. The number of aryl methyl sites for hydroxylation is 1. The van der Waals surface area contributed by atoms with E-state index in [9.17, 15) is 4.79 Å². The van der Waals surface area contributed by atoms with E-state index in [-0.39, 0.29) is 11.9 Å². The largest absolute Gasteiger partial charge is 0.495 e. The van der Waals surface area contributed by atoms with Crippen LogP contribution in [0.5, 0.6) is 5.75 Å². The molecular weight excluding hydrogens is 362 g/mol. The summed E-state index contributed by atoms with van der Waals surface area (Å²) in [5.74, 6) is 1.21. The van der Waals surface area contributed by atoms with E-state index in [1.807, 2.05) is 49.4 Å². The van der Waals surface area contributed by atoms with Gasteiger partial charge in [0.05, 0.1) is 12.8 Å².